The first kappa shape index (κ1) is 13.5. The summed E-state index contributed by atoms with van der Waals surface area (Å²) in [7, 11) is 0. The van der Waals surface area contributed by atoms with Gasteiger partial charge in [0.2, 0.25) is 11.8 Å². The van der Waals surface area contributed by atoms with E-state index in [4.69, 9.17) is 5.84 Å². The third-order valence-electron chi connectivity index (χ3n) is 1.97. The highest BCUT2D eigenvalue weighted by atomic mass is 32.2. The van der Waals surface area contributed by atoms with Crippen molar-refractivity contribution in [3.05, 3.63) is 15.8 Å². The number of hydrazine groups is 1. The summed E-state index contributed by atoms with van der Waals surface area (Å²) in [5.41, 5.74) is 2.42. The van der Waals surface area contributed by atoms with Crippen LogP contribution in [0.15, 0.2) is 0 Å². The Morgan fingerprint density at radius 1 is 1.53 bits per heavy atom. The zero-order valence-electron chi connectivity index (χ0n) is 9.56. The number of nitrogens with two attached hydrogens (primary N) is 1. The second kappa shape index (κ2) is 6.21. The number of nitrogens with one attached hydrogen (secondary N) is 2. The van der Waals surface area contributed by atoms with E-state index in [1.165, 1.54) is 0 Å². The molecule has 0 atom stereocenters. The van der Waals surface area contributed by atoms with Crippen molar-refractivity contribution in [1.82, 2.24) is 9.97 Å². The number of nitro groups is 1. The van der Waals surface area contributed by atoms with Gasteiger partial charge in [-0.15, -0.1) is 0 Å². The average molecular weight is 258 g/mol. The summed E-state index contributed by atoms with van der Waals surface area (Å²) in [4.78, 5) is 18.2. The number of nitrogen functional groups attached to an aromatic ring is 1. The summed E-state index contributed by atoms with van der Waals surface area (Å²) in [6, 6.07) is 0. The predicted molar refractivity (Wildman–Crippen MR) is 68.1 cm³/mol. The topological polar surface area (TPSA) is 119 Å². The van der Waals surface area contributed by atoms with Gasteiger partial charge in [0, 0.05) is 12.3 Å². The normalized spacial score (nSPS) is 10.1. The van der Waals surface area contributed by atoms with E-state index in [-0.39, 0.29) is 23.1 Å². The number of aryl methyl sites for hydroxylation is 1. The smallest absolute Gasteiger partial charge is 0.332 e. The summed E-state index contributed by atoms with van der Waals surface area (Å²) >= 11 is 1.63. The number of hydrogen-bond donors (Lipinski definition) is 3. The molecule has 0 saturated carbocycles. The molecule has 0 fully saturated rings. The fraction of sp³-hybridized carbons (Fsp3) is 0.500. The van der Waals surface area contributed by atoms with Crippen molar-refractivity contribution in [1.29, 1.82) is 0 Å². The van der Waals surface area contributed by atoms with E-state index in [2.05, 4.69) is 20.7 Å². The van der Waals surface area contributed by atoms with Crippen molar-refractivity contribution in [3.8, 4) is 0 Å². The molecule has 0 unspecified atom stereocenters. The van der Waals surface area contributed by atoms with Crippen molar-refractivity contribution in [2.24, 2.45) is 5.84 Å². The molecule has 1 aromatic rings. The molecule has 0 spiro atoms. The maximum absolute atomic E-state index is 10.9. The fourth-order valence-corrected chi connectivity index (χ4v) is 1.55. The first-order valence-corrected chi connectivity index (χ1v) is 6.22. The highest BCUT2D eigenvalue weighted by Crippen LogP contribution is 2.26. The van der Waals surface area contributed by atoms with E-state index in [1.807, 2.05) is 6.26 Å². The second-order valence-corrected chi connectivity index (χ2v) is 4.14. The number of anilines is 2. The number of hydrogen-bond acceptors (Lipinski definition) is 8. The number of rotatable bonds is 6. The summed E-state index contributed by atoms with van der Waals surface area (Å²) < 4.78 is 0. The van der Waals surface area contributed by atoms with Crippen molar-refractivity contribution in [3.63, 3.8) is 0 Å². The van der Waals surface area contributed by atoms with Crippen molar-refractivity contribution < 1.29 is 4.92 Å². The fourth-order valence-electron chi connectivity index (χ4n) is 1.24. The molecule has 0 aliphatic heterocycles. The Morgan fingerprint density at radius 3 is 2.76 bits per heavy atom. The Morgan fingerprint density at radius 2 is 2.24 bits per heavy atom. The first-order valence-electron chi connectivity index (χ1n) is 4.82. The molecule has 17 heavy (non-hydrogen) atoms. The third kappa shape index (κ3) is 3.43. The van der Waals surface area contributed by atoms with Crippen molar-refractivity contribution >= 4 is 29.2 Å². The van der Waals surface area contributed by atoms with E-state index in [0.29, 0.717) is 6.54 Å². The van der Waals surface area contributed by atoms with Gasteiger partial charge in [-0.25, -0.2) is 10.8 Å². The second-order valence-electron chi connectivity index (χ2n) is 3.15. The minimum absolute atomic E-state index is 0.120. The summed E-state index contributed by atoms with van der Waals surface area (Å²) in [5, 5.41) is 13.8. The third-order valence-corrected chi connectivity index (χ3v) is 2.58. The Balaban J connectivity index is 3.04. The Kier molecular flexibility index (Phi) is 4.91. The molecule has 0 aromatic carbocycles. The number of nitrogens with zero attached hydrogens (tertiary/aromatic N) is 3. The largest absolute Gasteiger partial charge is 0.363 e. The van der Waals surface area contributed by atoms with Gasteiger partial charge in [-0.1, -0.05) is 0 Å². The van der Waals surface area contributed by atoms with Crippen LogP contribution in [0.4, 0.5) is 17.5 Å². The first-order chi connectivity index (χ1) is 8.10. The van der Waals surface area contributed by atoms with Gasteiger partial charge in [0.25, 0.3) is 0 Å². The van der Waals surface area contributed by atoms with E-state index in [9.17, 15) is 10.1 Å². The minimum atomic E-state index is -0.503. The van der Waals surface area contributed by atoms with Gasteiger partial charge in [0.15, 0.2) is 0 Å². The molecule has 0 bridgehead atoms. The van der Waals surface area contributed by atoms with Gasteiger partial charge in [0.1, 0.15) is 5.69 Å². The lowest BCUT2D eigenvalue weighted by molar-refractivity contribution is -0.385. The highest BCUT2D eigenvalue weighted by Gasteiger charge is 2.21. The van der Waals surface area contributed by atoms with Crippen molar-refractivity contribution in [2.45, 2.75) is 6.92 Å². The summed E-state index contributed by atoms with van der Waals surface area (Å²) in [6.45, 7) is 2.13. The van der Waals surface area contributed by atoms with Crippen LogP contribution >= 0.6 is 11.8 Å². The van der Waals surface area contributed by atoms with Crippen LogP contribution in [-0.2, 0) is 0 Å². The molecule has 9 heteroatoms. The van der Waals surface area contributed by atoms with Gasteiger partial charge < -0.3 is 5.32 Å². The van der Waals surface area contributed by atoms with Gasteiger partial charge in [-0.3, -0.25) is 15.5 Å². The van der Waals surface area contributed by atoms with Gasteiger partial charge in [0.05, 0.1) is 4.92 Å². The molecule has 4 N–H and O–H groups in total. The Labute approximate surface area is 103 Å². The van der Waals surface area contributed by atoms with Crippen LogP contribution < -0.4 is 16.6 Å². The van der Waals surface area contributed by atoms with Crippen LogP contribution in [0.5, 0.6) is 0 Å². The lowest BCUT2D eigenvalue weighted by atomic mass is 10.3. The zero-order chi connectivity index (χ0) is 12.8. The standard InChI is InChI=1S/C8H14N6O2S/c1-5-6(14(15)16)7(10-3-4-17-2)12-8(11-5)13-9/h3-4,9H2,1-2H3,(H2,10,11,12,13). The molecule has 0 saturated heterocycles. The molecular formula is C8H14N6O2S. The van der Waals surface area contributed by atoms with Crippen LogP contribution in [0.1, 0.15) is 5.69 Å². The molecule has 0 aliphatic rings. The maximum Gasteiger partial charge on any atom is 0.332 e. The number of aromatic nitrogens is 2. The van der Waals surface area contributed by atoms with Crippen LogP contribution in [0, 0.1) is 17.0 Å². The molecular weight excluding hydrogens is 244 g/mol. The molecule has 0 radical (unpaired) electrons. The van der Waals surface area contributed by atoms with Gasteiger partial charge in [-0.2, -0.15) is 16.7 Å². The molecule has 0 amide bonds. The molecule has 1 aromatic heterocycles. The van der Waals surface area contributed by atoms with Crippen LogP contribution in [0.25, 0.3) is 0 Å². The molecule has 0 aliphatic carbocycles. The van der Waals surface area contributed by atoms with Crippen LogP contribution in [0.2, 0.25) is 0 Å². The van der Waals surface area contributed by atoms with E-state index < -0.39 is 4.92 Å². The predicted octanol–water partition coefficient (Wildman–Crippen LogP) is 0.754. The SMILES string of the molecule is CSCCNc1nc(NN)nc(C)c1[N+](=O)[O-]. The lowest BCUT2D eigenvalue weighted by Gasteiger charge is -2.08. The Hall–Kier alpha value is -1.61. The maximum atomic E-state index is 10.9. The van der Waals surface area contributed by atoms with Gasteiger partial charge in [-0.05, 0) is 13.2 Å². The zero-order valence-corrected chi connectivity index (χ0v) is 10.4. The highest BCUT2D eigenvalue weighted by molar-refractivity contribution is 7.98. The quantitative estimate of drug-likeness (QED) is 0.296. The molecule has 94 valence electrons. The van der Waals surface area contributed by atoms with Crippen LogP contribution in [0.3, 0.4) is 0 Å². The monoisotopic (exact) mass is 258 g/mol. The number of thioether (sulfide) groups is 1. The van der Waals surface area contributed by atoms with E-state index in [0.717, 1.165) is 5.75 Å². The van der Waals surface area contributed by atoms with E-state index in [1.54, 1.807) is 18.7 Å². The minimum Gasteiger partial charge on any atom is -0.363 e. The summed E-state index contributed by atoms with van der Waals surface area (Å²) in [6.07, 6.45) is 1.95. The van der Waals surface area contributed by atoms with Gasteiger partial charge >= 0.3 is 5.69 Å². The Bertz CT molecular complexity index is 413. The van der Waals surface area contributed by atoms with Crippen LogP contribution in [-0.4, -0.2) is 33.4 Å². The van der Waals surface area contributed by atoms with E-state index >= 15 is 0 Å². The molecule has 1 heterocycles. The van der Waals surface area contributed by atoms with Crippen molar-refractivity contribution in [2.75, 3.05) is 29.3 Å². The summed E-state index contributed by atoms with van der Waals surface area (Å²) in [5.74, 6) is 6.35. The lowest BCUT2D eigenvalue weighted by Crippen LogP contribution is -2.15. The molecule has 8 nitrogen and oxygen atoms in total. The molecule has 1 rings (SSSR count). The average Bonchev–Trinajstić information content (AvgIpc) is 2.28.